The van der Waals surface area contributed by atoms with Gasteiger partial charge in [-0.15, -0.1) is 0 Å². The van der Waals surface area contributed by atoms with Gasteiger partial charge in [-0.3, -0.25) is 0 Å². The maximum absolute atomic E-state index is 12.3. The smallest absolute Gasteiger partial charge is 0.118 e. The Balaban J connectivity index is 1.36. The summed E-state index contributed by atoms with van der Waals surface area (Å²) < 4.78 is 17.5. The van der Waals surface area contributed by atoms with Crippen LogP contribution in [0.1, 0.15) is 75.7 Å². The van der Waals surface area contributed by atoms with Gasteiger partial charge in [0.2, 0.25) is 0 Å². The van der Waals surface area contributed by atoms with Gasteiger partial charge in [-0.25, -0.2) is 4.39 Å². The number of methoxy groups -OCH3 is 1. The standard InChI is InChI=1S/C23H33FO/c1-25-23-14-12-22(13-15-23)21-10-8-19(9-11-21)3-2-18-4-6-20(7-5-18)16-17-24/h12-21H,2-11H2,1H3. The van der Waals surface area contributed by atoms with Crippen molar-refractivity contribution in [2.75, 3.05) is 7.11 Å². The summed E-state index contributed by atoms with van der Waals surface area (Å²) in [6.07, 6.45) is 15.7. The van der Waals surface area contributed by atoms with Crippen LogP contribution >= 0.6 is 0 Å². The van der Waals surface area contributed by atoms with Crippen LogP contribution in [0.4, 0.5) is 4.39 Å². The lowest BCUT2D eigenvalue weighted by Crippen LogP contribution is -2.17. The van der Waals surface area contributed by atoms with Crippen molar-refractivity contribution < 1.29 is 9.13 Å². The molecular formula is C23H33FO. The molecule has 0 aromatic heterocycles. The highest BCUT2D eigenvalue weighted by Gasteiger charge is 2.24. The monoisotopic (exact) mass is 344 g/mol. The summed E-state index contributed by atoms with van der Waals surface area (Å²) in [6, 6.07) is 8.67. The molecule has 0 amide bonds. The first-order valence-electron chi connectivity index (χ1n) is 10.2. The first kappa shape index (κ1) is 18.5. The minimum absolute atomic E-state index is 0.501. The van der Waals surface area contributed by atoms with Crippen molar-refractivity contribution in [3.05, 3.63) is 42.2 Å². The number of ether oxygens (including phenoxy) is 1. The van der Waals surface area contributed by atoms with Crippen LogP contribution in [0.5, 0.6) is 5.75 Å². The van der Waals surface area contributed by atoms with Crippen molar-refractivity contribution in [3.8, 4) is 5.75 Å². The number of benzene rings is 1. The van der Waals surface area contributed by atoms with E-state index in [1.165, 1.54) is 69.8 Å². The summed E-state index contributed by atoms with van der Waals surface area (Å²) in [4.78, 5) is 0. The van der Waals surface area contributed by atoms with Gasteiger partial charge in [0.05, 0.1) is 13.4 Å². The summed E-state index contributed by atoms with van der Waals surface area (Å²) >= 11 is 0. The van der Waals surface area contributed by atoms with Crippen LogP contribution in [0.3, 0.4) is 0 Å². The second-order valence-corrected chi connectivity index (χ2v) is 8.17. The van der Waals surface area contributed by atoms with E-state index in [0.29, 0.717) is 5.92 Å². The molecule has 1 aromatic rings. The predicted molar refractivity (Wildman–Crippen MR) is 103 cm³/mol. The molecule has 1 aromatic carbocycles. The van der Waals surface area contributed by atoms with Crippen molar-refractivity contribution in [1.82, 2.24) is 0 Å². The minimum Gasteiger partial charge on any atom is -0.497 e. The highest BCUT2D eigenvalue weighted by molar-refractivity contribution is 5.29. The third-order valence-electron chi connectivity index (χ3n) is 6.65. The molecule has 0 unspecified atom stereocenters. The molecule has 25 heavy (non-hydrogen) atoms. The van der Waals surface area contributed by atoms with Gasteiger partial charge in [0, 0.05) is 0 Å². The Bertz CT molecular complexity index is 520. The van der Waals surface area contributed by atoms with Crippen molar-refractivity contribution in [3.63, 3.8) is 0 Å². The second-order valence-electron chi connectivity index (χ2n) is 8.17. The Morgan fingerprint density at radius 1 is 0.880 bits per heavy atom. The molecule has 3 rings (SSSR count). The van der Waals surface area contributed by atoms with Gasteiger partial charge in [0.1, 0.15) is 5.75 Å². The van der Waals surface area contributed by atoms with Crippen LogP contribution in [0.15, 0.2) is 36.7 Å². The van der Waals surface area contributed by atoms with E-state index in [9.17, 15) is 4.39 Å². The van der Waals surface area contributed by atoms with Crippen LogP contribution in [-0.4, -0.2) is 7.11 Å². The maximum Gasteiger partial charge on any atom is 0.118 e. The molecule has 2 fully saturated rings. The van der Waals surface area contributed by atoms with Crippen LogP contribution in [-0.2, 0) is 0 Å². The van der Waals surface area contributed by atoms with Crippen LogP contribution < -0.4 is 4.74 Å². The number of halogens is 1. The average Bonchev–Trinajstić information content (AvgIpc) is 2.68. The Morgan fingerprint density at radius 3 is 1.96 bits per heavy atom. The van der Waals surface area contributed by atoms with Crippen molar-refractivity contribution in [1.29, 1.82) is 0 Å². The second kappa shape index (κ2) is 9.40. The Labute approximate surface area is 152 Å². The molecule has 0 N–H and O–H groups in total. The van der Waals surface area contributed by atoms with Gasteiger partial charge >= 0.3 is 0 Å². The number of rotatable bonds is 6. The molecule has 2 saturated carbocycles. The molecule has 2 aliphatic carbocycles. The van der Waals surface area contributed by atoms with Gasteiger partial charge < -0.3 is 4.74 Å². The molecule has 0 radical (unpaired) electrons. The number of hydrogen-bond acceptors (Lipinski definition) is 1. The van der Waals surface area contributed by atoms with E-state index in [4.69, 9.17) is 4.74 Å². The normalized spacial score (nSPS) is 30.5. The van der Waals surface area contributed by atoms with Crippen molar-refractivity contribution >= 4 is 0 Å². The van der Waals surface area contributed by atoms with E-state index >= 15 is 0 Å². The van der Waals surface area contributed by atoms with Crippen LogP contribution in [0, 0.1) is 17.8 Å². The molecule has 0 saturated heterocycles. The first-order chi connectivity index (χ1) is 12.3. The van der Waals surface area contributed by atoms with E-state index in [0.717, 1.165) is 29.8 Å². The molecule has 0 heterocycles. The Kier molecular flexibility index (Phi) is 6.95. The third kappa shape index (κ3) is 5.33. The van der Waals surface area contributed by atoms with Gasteiger partial charge in [-0.1, -0.05) is 31.1 Å². The fourth-order valence-electron chi connectivity index (χ4n) is 4.90. The maximum atomic E-state index is 12.3. The number of allylic oxidation sites excluding steroid dienone is 1. The van der Waals surface area contributed by atoms with Gasteiger partial charge in [-0.2, -0.15) is 0 Å². The van der Waals surface area contributed by atoms with E-state index < -0.39 is 0 Å². The zero-order valence-corrected chi connectivity index (χ0v) is 15.6. The summed E-state index contributed by atoms with van der Waals surface area (Å²) in [5.74, 6) is 4.02. The molecule has 2 aliphatic rings. The van der Waals surface area contributed by atoms with Crippen molar-refractivity contribution in [2.24, 2.45) is 17.8 Å². The molecule has 1 nitrogen and oxygen atoms in total. The molecule has 138 valence electrons. The van der Waals surface area contributed by atoms with Crippen LogP contribution in [0.2, 0.25) is 0 Å². The predicted octanol–water partition coefficient (Wildman–Crippen LogP) is 7.04. The number of hydrogen-bond donors (Lipinski definition) is 0. The van der Waals surface area contributed by atoms with Gasteiger partial charge in [0.15, 0.2) is 0 Å². The molecular weight excluding hydrogens is 311 g/mol. The van der Waals surface area contributed by atoms with Crippen LogP contribution in [0.25, 0.3) is 0 Å². The highest BCUT2D eigenvalue weighted by atomic mass is 19.1. The summed E-state index contributed by atoms with van der Waals surface area (Å²) in [5.41, 5.74) is 1.48. The largest absolute Gasteiger partial charge is 0.497 e. The lowest BCUT2D eigenvalue weighted by molar-refractivity contribution is 0.245. The zero-order valence-electron chi connectivity index (χ0n) is 15.6. The third-order valence-corrected chi connectivity index (χ3v) is 6.65. The van der Waals surface area contributed by atoms with Gasteiger partial charge in [-0.05, 0) is 92.7 Å². The summed E-state index contributed by atoms with van der Waals surface area (Å²) in [7, 11) is 1.73. The van der Waals surface area contributed by atoms with E-state index in [1.807, 2.05) is 0 Å². The Morgan fingerprint density at radius 2 is 1.44 bits per heavy atom. The van der Waals surface area contributed by atoms with Gasteiger partial charge in [0.25, 0.3) is 0 Å². The summed E-state index contributed by atoms with van der Waals surface area (Å²) in [5, 5.41) is 0. The minimum atomic E-state index is 0.501. The summed E-state index contributed by atoms with van der Waals surface area (Å²) in [6.45, 7) is 0. The highest BCUT2D eigenvalue weighted by Crippen LogP contribution is 2.40. The SMILES string of the molecule is COc1ccc(C2CCC(CCC3CCC(C=CF)CC3)CC2)cc1. The molecule has 0 atom stereocenters. The van der Waals surface area contributed by atoms with E-state index in [-0.39, 0.29) is 0 Å². The van der Waals surface area contributed by atoms with E-state index in [1.54, 1.807) is 13.2 Å². The lowest BCUT2D eigenvalue weighted by Gasteiger charge is -2.31. The fraction of sp³-hybridized carbons (Fsp3) is 0.652. The fourth-order valence-corrected chi connectivity index (χ4v) is 4.90. The van der Waals surface area contributed by atoms with Crippen molar-refractivity contribution in [2.45, 2.75) is 70.1 Å². The first-order valence-corrected chi connectivity index (χ1v) is 10.2. The molecule has 0 spiro atoms. The quantitative estimate of drug-likeness (QED) is 0.538. The Hall–Kier alpha value is -1.31. The molecule has 0 bridgehead atoms. The average molecular weight is 345 g/mol. The zero-order chi connectivity index (χ0) is 17.5. The van der Waals surface area contributed by atoms with E-state index in [2.05, 4.69) is 24.3 Å². The lowest BCUT2D eigenvalue weighted by atomic mass is 9.74. The molecule has 0 aliphatic heterocycles. The molecule has 2 heteroatoms. The topological polar surface area (TPSA) is 9.23 Å².